The lowest BCUT2D eigenvalue weighted by Gasteiger charge is -2.12. The van der Waals surface area contributed by atoms with Gasteiger partial charge in [0.1, 0.15) is 5.82 Å². The first-order valence-corrected chi connectivity index (χ1v) is 5.84. The second-order valence-electron chi connectivity index (χ2n) is 3.45. The predicted octanol–water partition coefficient (Wildman–Crippen LogP) is 2.67. The number of rotatable bonds is 2. The Balaban J connectivity index is 2.60. The summed E-state index contributed by atoms with van der Waals surface area (Å²) in [6.45, 7) is 1.54. The van der Waals surface area contributed by atoms with Crippen molar-refractivity contribution in [2.75, 3.05) is 0 Å². The molecule has 2 aromatic rings. The maximum atomic E-state index is 13.6. The van der Waals surface area contributed by atoms with Gasteiger partial charge in [-0.1, -0.05) is 6.07 Å². The Morgan fingerprint density at radius 3 is 2.81 bits per heavy atom. The van der Waals surface area contributed by atoms with Gasteiger partial charge < -0.3 is 5.11 Å². The first kappa shape index (κ1) is 11.5. The molecule has 1 unspecified atom stereocenters. The van der Waals surface area contributed by atoms with Crippen LogP contribution < -0.4 is 0 Å². The van der Waals surface area contributed by atoms with Crippen LogP contribution in [0.2, 0.25) is 0 Å². The first-order chi connectivity index (χ1) is 7.59. The van der Waals surface area contributed by atoms with Crippen molar-refractivity contribution in [1.82, 2.24) is 9.78 Å². The normalized spacial score (nSPS) is 12.8. The number of halogens is 2. The predicted molar refractivity (Wildman–Crippen MR) is 66.9 cm³/mol. The number of aliphatic hydroxyl groups is 1. The van der Waals surface area contributed by atoms with Gasteiger partial charge in [0.15, 0.2) is 0 Å². The first-order valence-electron chi connectivity index (χ1n) is 4.76. The van der Waals surface area contributed by atoms with Gasteiger partial charge in [0, 0.05) is 11.8 Å². The summed E-state index contributed by atoms with van der Waals surface area (Å²) in [5.41, 5.74) is 0.833. The zero-order valence-corrected chi connectivity index (χ0v) is 10.7. The Morgan fingerprint density at radius 1 is 1.50 bits per heavy atom. The fourth-order valence-electron chi connectivity index (χ4n) is 1.57. The molecule has 2 rings (SSSR count). The minimum atomic E-state index is -0.863. The van der Waals surface area contributed by atoms with E-state index in [1.807, 2.05) is 0 Å². The Kier molecular flexibility index (Phi) is 3.25. The molecule has 0 saturated heterocycles. The molecule has 0 radical (unpaired) electrons. The summed E-state index contributed by atoms with van der Waals surface area (Å²) >= 11 is 2.13. The number of aliphatic hydroxyl groups excluding tert-OH is 1. The summed E-state index contributed by atoms with van der Waals surface area (Å²) in [7, 11) is 0. The van der Waals surface area contributed by atoms with Gasteiger partial charge in [-0.2, -0.15) is 5.10 Å². The standard InChI is InChI=1S/C11H10FIN2O/c1-7(16)11-9(12)3-2-4-10(11)15-6-8(13)5-14-15/h2-7,16H,1H3. The van der Waals surface area contributed by atoms with E-state index in [2.05, 4.69) is 27.7 Å². The largest absolute Gasteiger partial charge is 0.389 e. The van der Waals surface area contributed by atoms with Crippen molar-refractivity contribution < 1.29 is 9.50 Å². The average Bonchev–Trinajstić information content (AvgIpc) is 2.63. The molecule has 1 heterocycles. The molecule has 0 bridgehead atoms. The van der Waals surface area contributed by atoms with Crippen LogP contribution in [0, 0.1) is 9.39 Å². The van der Waals surface area contributed by atoms with E-state index in [1.54, 1.807) is 29.2 Å². The third-order valence-electron chi connectivity index (χ3n) is 2.25. The molecule has 0 spiro atoms. The van der Waals surface area contributed by atoms with Crippen LogP contribution in [0.25, 0.3) is 5.69 Å². The quantitative estimate of drug-likeness (QED) is 0.859. The lowest BCUT2D eigenvalue weighted by atomic mass is 10.1. The van der Waals surface area contributed by atoms with Crippen LogP contribution in [0.5, 0.6) is 0 Å². The van der Waals surface area contributed by atoms with Crippen molar-refractivity contribution in [2.45, 2.75) is 13.0 Å². The molecule has 5 heteroatoms. The minimum Gasteiger partial charge on any atom is -0.389 e. The van der Waals surface area contributed by atoms with Crippen LogP contribution in [-0.2, 0) is 0 Å². The van der Waals surface area contributed by atoms with Crippen LogP contribution in [0.15, 0.2) is 30.6 Å². The highest BCUT2D eigenvalue weighted by Gasteiger charge is 2.15. The van der Waals surface area contributed by atoms with E-state index in [1.165, 1.54) is 13.0 Å². The van der Waals surface area contributed by atoms with Crippen LogP contribution in [-0.4, -0.2) is 14.9 Å². The van der Waals surface area contributed by atoms with Gasteiger partial charge >= 0.3 is 0 Å². The van der Waals surface area contributed by atoms with E-state index in [9.17, 15) is 9.50 Å². The fourth-order valence-corrected chi connectivity index (χ4v) is 1.96. The van der Waals surface area contributed by atoms with Gasteiger partial charge in [-0.3, -0.25) is 0 Å². The minimum absolute atomic E-state index is 0.266. The second-order valence-corrected chi connectivity index (χ2v) is 4.70. The summed E-state index contributed by atoms with van der Waals surface area (Å²) in [4.78, 5) is 0. The van der Waals surface area contributed by atoms with Crippen LogP contribution in [0.4, 0.5) is 4.39 Å². The van der Waals surface area contributed by atoms with E-state index in [-0.39, 0.29) is 5.56 Å². The molecule has 1 atom stereocenters. The Hall–Kier alpha value is -0.950. The molecule has 1 N–H and O–H groups in total. The number of benzene rings is 1. The van der Waals surface area contributed by atoms with Crippen molar-refractivity contribution >= 4 is 22.6 Å². The lowest BCUT2D eigenvalue weighted by molar-refractivity contribution is 0.194. The van der Waals surface area contributed by atoms with E-state index >= 15 is 0 Å². The maximum absolute atomic E-state index is 13.6. The third-order valence-corrected chi connectivity index (χ3v) is 2.80. The molecule has 0 saturated carbocycles. The fraction of sp³-hybridized carbons (Fsp3) is 0.182. The molecule has 0 aliphatic rings. The Morgan fingerprint density at radius 2 is 2.25 bits per heavy atom. The molecule has 1 aromatic heterocycles. The molecule has 0 fully saturated rings. The number of hydrogen-bond acceptors (Lipinski definition) is 2. The lowest BCUT2D eigenvalue weighted by Crippen LogP contribution is -2.05. The summed E-state index contributed by atoms with van der Waals surface area (Å²) in [6.07, 6.45) is 2.59. The van der Waals surface area contributed by atoms with Crippen molar-refractivity contribution in [2.24, 2.45) is 0 Å². The number of hydrogen-bond donors (Lipinski definition) is 1. The number of aromatic nitrogens is 2. The van der Waals surface area contributed by atoms with E-state index < -0.39 is 11.9 Å². The third kappa shape index (κ3) is 2.10. The monoisotopic (exact) mass is 332 g/mol. The molecule has 0 aliphatic heterocycles. The zero-order chi connectivity index (χ0) is 11.7. The summed E-state index contributed by atoms with van der Waals surface area (Å²) < 4.78 is 16.1. The summed E-state index contributed by atoms with van der Waals surface area (Å²) in [5, 5.41) is 13.7. The SMILES string of the molecule is CC(O)c1c(F)cccc1-n1cc(I)cn1. The summed E-state index contributed by atoms with van der Waals surface area (Å²) in [5.74, 6) is -0.419. The van der Waals surface area contributed by atoms with E-state index in [4.69, 9.17) is 0 Å². The van der Waals surface area contributed by atoms with Crippen molar-refractivity contribution in [3.63, 3.8) is 0 Å². The van der Waals surface area contributed by atoms with Gasteiger partial charge in [-0.25, -0.2) is 9.07 Å². The molecule has 0 amide bonds. The molecule has 84 valence electrons. The van der Waals surface area contributed by atoms with Gasteiger partial charge in [0.2, 0.25) is 0 Å². The Bertz CT molecular complexity index is 510. The molecule has 16 heavy (non-hydrogen) atoms. The van der Waals surface area contributed by atoms with Crippen molar-refractivity contribution in [3.05, 3.63) is 45.5 Å². The highest BCUT2D eigenvalue weighted by Crippen LogP contribution is 2.24. The van der Waals surface area contributed by atoms with Crippen molar-refractivity contribution in [3.8, 4) is 5.69 Å². The molecule has 3 nitrogen and oxygen atoms in total. The highest BCUT2D eigenvalue weighted by molar-refractivity contribution is 14.1. The molecule has 1 aromatic carbocycles. The molecule has 0 aliphatic carbocycles. The molecular formula is C11H10FIN2O. The smallest absolute Gasteiger partial charge is 0.131 e. The molecular weight excluding hydrogens is 322 g/mol. The average molecular weight is 332 g/mol. The highest BCUT2D eigenvalue weighted by atomic mass is 127. The van der Waals surface area contributed by atoms with E-state index in [0.29, 0.717) is 5.69 Å². The zero-order valence-electron chi connectivity index (χ0n) is 8.56. The van der Waals surface area contributed by atoms with E-state index in [0.717, 1.165) is 3.57 Å². The van der Waals surface area contributed by atoms with Crippen molar-refractivity contribution in [1.29, 1.82) is 0 Å². The van der Waals surface area contributed by atoms with Crippen LogP contribution in [0.1, 0.15) is 18.6 Å². The summed E-state index contributed by atoms with van der Waals surface area (Å²) in [6, 6.07) is 4.67. The van der Waals surface area contributed by atoms with Gasteiger partial charge in [0.25, 0.3) is 0 Å². The van der Waals surface area contributed by atoms with Gasteiger partial charge in [-0.05, 0) is 41.6 Å². The number of nitrogens with zero attached hydrogens (tertiary/aromatic N) is 2. The topological polar surface area (TPSA) is 38.0 Å². The van der Waals surface area contributed by atoms with Gasteiger partial charge in [0.05, 0.1) is 21.6 Å². The Labute approximate surface area is 106 Å². The van der Waals surface area contributed by atoms with Crippen LogP contribution >= 0.6 is 22.6 Å². The second kappa shape index (κ2) is 4.50. The maximum Gasteiger partial charge on any atom is 0.131 e. The van der Waals surface area contributed by atoms with Gasteiger partial charge in [-0.15, -0.1) is 0 Å². The van der Waals surface area contributed by atoms with Crippen LogP contribution in [0.3, 0.4) is 0 Å².